The SMILES string of the molecule is CCN(CC)CCN1C(=O)[C@@H]2[C@H](C1=O)[C@@H]1C=C[C@H]2C1. The van der Waals surface area contributed by atoms with Crippen molar-refractivity contribution in [2.75, 3.05) is 26.2 Å². The maximum Gasteiger partial charge on any atom is 0.233 e. The van der Waals surface area contributed by atoms with Crippen molar-refractivity contribution in [3.8, 4) is 0 Å². The molecule has 1 saturated heterocycles. The summed E-state index contributed by atoms with van der Waals surface area (Å²) in [5.41, 5.74) is 0. The molecule has 2 bridgehead atoms. The summed E-state index contributed by atoms with van der Waals surface area (Å²) in [4.78, 5) is 28.6. The lowest BCUT2D eigenvalue weighted by Gasteiger charge is -2.22. The fourth-order valence-corrected chi connectivity index (χ4v) is 3.97. The van der Waals surface area contributed by atoms with Gasteiger partial charge in [0.05, 0.1) is 11.8 Å². The number of nitrogens with zero attached hydrogens (tertiary/aromatic N) is 2. The number of rotatable bonds is 5. The van der Waals surface area contributed by atoms with Crippen LogP contribution in [-0.4, -0.2) is 47.8 Å². The van der Waals surface area contributed by atoms with Gasteiger partial charge in [-0.1, -0.05) is 26.0 Å². The van der Waals surface area contributed by atoms with Crippen molar-refractivity contribution in [2.45, 2.75) is 20.3 Å². The van der Waals surface area contributed by atoms with Gasteiger partial charge in [-0.2, -0.15) is 0 Å². The highest BCUT2D eigenvalue weighted by Crippen LogP contribution is 2.52. The molecular weight excluding hydrogens is 240 g/mol. The molecule has 104 valence electrons. The second-order valence-corrected chi connectivity index (χ2v) is 5.85. The molecule has 2 fully saturated rings. The van der Waals surface area contributed by atoms with Crippen molar-refractivity contribution in [3.05, 3.63) is 12.2 Å². The summed E-state index contributed by atoms with van der Waals surface area (Å²) in [6.45, 7) is 7.50. The number of likely N-dealkylation sites (N-methyl/N-ethyl adjacent to an activating group) is 1. The Morgan fingerprint density at radius 3 is 2.11 bits per heavy atom. The zero-order valence-corrected chi connectivity index (χ0v) is 11.7. The van der Waals surface area contributed by atoms with E-state index in [1.807, 2.05) is 0 Å². The molecule has 0 aromatic heterocycles. The van der Waals surface area contributed by atoms with Crippen LogP contribution in [-0.2, 0) is 9.59 Å². The Bertz CT molecular complexity index is 398. The lowest BCUT2D eigenvalue weighted by atomic mass is 9.85. The minimum absolute atomic E-state index is 0.0424. The summed E-state index contributed by atoms with van der Waals surface area (Å²) in [5.74, 6) is 0.728. The van der Waals surface area contributed by atoms with Gasteiger partial charge in [0.1, 0.15) is 0 Å². The molecule has 1 aliphatic heterocycles. The lowest BCUT2D eigenvalue weighted by molar-refractivity contribution is -0.140. The molecule has 4 atom stereocenters. The largest absolute Gasteiger partial charge is 0.302 e. The maximum absolute atomic E-state index is 12.4. The van der Waals surface area contributed by atoms with Crippen molar-refractivity contribution in [3.63, 3.8) is 0 Å². The average Bonchev–Trinajstić information content (AvgIpc) is 3.08. The Kier molecular flexibility index (Phi) is 3.21. The van der Waals surface area contributed by atoms with E-state index in [4.69, 9.17) is 0 Å². The lowest BCUT2D eigenvalue weighted by Crippen LogP contribution is -2.39. The average molecular weight is 262 g/mol. The van der Waals surface area contributed by atoms with Crippen molar-refractivity contribution < 1.29 is 9.59 Å². The van der Waals surface area contributed by atoms with E-state index in [1.54, 1.807) is 0 Å². The minimum atomic E-state index is -0.0424. The first-order chi connectivity index (χ1) is 9.17. The van der Waals surface area contributed by atoms with Crippen LogP contribution >= 0.6 is 0 Å². The van der Waals surface area contributed by atoms with E-state index in [9.17, 15) is 9.59 Å². The maximum atomic E-state index is 12.4. The summed E-state index contributed by atoms with van der Waals surface area (Å²) in [6, 6.07) is 0. The molecule has 0 aromatic rings. The van der Waals surface area contributed by atoms with Crippen LogP contribution in [0.15, 0.2) is 12.2 Å². The van der Waals surface area contributed by atoms with Gasteiger partial charge in [-0.15, -0.1) is 0 Å². The van der Waals surface area contributed by atoms with E-state index in [0.717, 1.165) is 26.1 Å². The molecule has 2 amide bonds. The number of fused-ring (bicyclic) bond motifs is 5. The van der Waals surface area contributed by atoms with Gasteiger partial charge in [0.15, 0.2) is 0 Å². The second kappa shape index (κ2) is 4.75. The van der Waals surface area contributed by atoms with Crippen LogP contribution in [0.5, 0.6) is 0 Å². The van der Waals surface area contributed by atoms with Crippen molar-refractivity contribution in [1.29, 1.82) is 0 Å². The topological polar surface area (TPSA) is 40.6 Å². The summed E-state index contributed by atoms with van der Waals surface area (Å²) < 4.78 is 0. The van der Waals surface area contributed by atoms with Gasteiger partial charge in [0.25, 0.3) is 0 Å². The van der Waals surface area contributed by atoms with Gasteiger partial charge in [-0.25, -0.2) is 0 Å². The number of carbonyl (C=O) groups is 2. The van der Waals surface area contributed by atoms with E-state index in [2.05, 4.69) is 30.9 Å². The number of allylic oxidation sites excluding steroid dienone is 2. The molecule has 0 spiro atoms. The van der Waals surface area contributed by atoms with Crippen LogP contribution in [0.2, 0.25) is 0 Å². The Hall–Kier alpha value is -1.16. The fraction of sp³-hybridized carbons (Fsp3) is 0.733. The van der Waals surface area contributed by atoms with Gasteiger partial charge in [0, 0.05) is 13.1 Å². The summed E-state index contributed by atoms with van der Waals surface area (Å²) in [7, 11) is 0. The Morgan fingerprint density at radius 2 is 1.63 bits per heavy atom. The highest BCUT2D eigenvalue weighted by Gasteiger charge is 2.58. The van der Waals surface area contributed by atoms with Gasteiger partial charge >= 0.3 is 0 Å². The fourth-order valence-electron chi connectivity index (χ4n) is 3.97. The van der Waals surface area contributed by atoms with Gasteiger partial charge in [-0.3, -0.25) is 14.5 Å². The molecule has 0 N–H and O–H groups in total. The van der Waals surface area contributed by atoms with Crippen LogP contribution in [0, 0.1) is 23.7 Å². The summed E-state index contributed by atoms with van der Waals surface area (Å²) in [6.07, 6.45) is 5.30. The van der Waals surface area contributed by atoms with Crippen LogP contribution in [0.25, 0.3) is 0 Å². The first-order valence-electron chi connectivity index (χ1n) is 7.43. The van der Waals surface area contributed by atoms with Crippen molar-refractivity contribution in [2.24, 2.45) is 23.7 Å². The van der Waals surface area contributed by atoms with E-state index < -0.39 is 0 Å². The monoisotopic (exact) mass is 262 g/mol. The van der Waals surface area contributed by atoms with E-state index in [-0.39, 0.29) is 23.7 Å². The predicted molar refractivity (Wildman–Crippen MR) is 72.2 cm³/mol. The Labute approximate surface area is 114 Å². The van der Waals surface area contributed by atoms with Crippen molar-refractivity contribution >= 4 is 11.8 Å². The van der Waals surface area contributed by atoms with Crippen LogP contribution < -0.4 is 0 Å². The molecule has 4 nitrogen and oxygen atoms in total. The summed E-state index contributed by atoms with van der Waals surface area (Å²) in [5, 5.41) is 0. The quantitative estimate of drug-likeness (QED) is 0.551. The minimum Gasteiger partial charge on any atom is -0.302 e. The molecule has 2 aliphatic carbocycles. The number of hydrogen-bond acceptors (Lipinski definition) is 3. The standard InChI is InChI=1S/C15H22N2O2/c1-3-16(4-2)7-8-17-14(18)12-10-5-6-11(9-10)13(12)15(17)19/h5-6,10-13H,3-4,7-9H2,1-2H3/t10-,11+,12-,13+. The van der Waals surface area contributed by atoms with Gasteiger partial charge in [-0.05, 0) is 31.3 Å². The zero-order chi connectivity index (χ0) is 13.6. The number of hydrogen-bond donors (Lipinski definition) is 0. The van der Waals surface area contributed by atoms with Gasteiger partial charge < -0.3 is 4.90 Å². The third kappa shape index (κ3) is 1.84. The first-order valence-corrected chi connectivity index (χ1v) is 7.43. The molecule has 1 heterocycles. The Balaban J connectivity index is 1.69. The first kappa shape index (κ1) is 12.9. The number of imide groups is 1. The van der Waals surface area contributed by atoms with Gasteiger partial charge in [0.2, 0.25) is 11.8 Å². The number of likely N-dealkylation sites (tertiary alicyclic amines) is 1. The van der Waals surface area contributed by atoms with Crippen LogP contribution in [0.4, 0.5) is 0 Å². The predicted octanol–water partition coefficient (Wildman–Crippen LogP) is 1.14. The van der Waals surface area contributed by atoms with Crippen molar-refractivity contribution in [1.82, 2.24) is 9.80 Å². The normalized spacial score (nSPS) is 35.8. The molecule has 0 aromatic carbocycles. The van der Waals surface area contributed by atoms with E-state index in [1.165, 1.54) is 4.90 Å². The molecule has 0 unspecified atom stereocenters. The molecule has 0 radical (unpaired) electrons. The van der Waals surface area contributed by atoms with E-state index in [0.29, 0.717) is 18.4 Å². The number of amides is 2. The molecule has 3 aliphatic rings. The second-order valence-electron chi connectivity index (χ2n) is 5.85. The molecular formula is C15H22N2O2. The third-order valence-corrected chi connectivity index (χ3v) is 5.10. The zero-order valence-electron chi connectivity index (χ0n) is 11.7. The smallest absolute Gasteiger partial charge is 0.233 e. The summed E-state index contributed by atoms with van der Waals surface area (Å²) >= 11 is 0. The van der Waals surface area contributed by atoms with E-state index >= 15 is 0 Å². The number of carbonyl (C=O) groups excluding carboxylic acids is 2. The highest BCUT2D eigenvalue weighted by molar-refractivity contribution is 6.06. The van der Waals surface area contributed by atoms with Crippen LogP contribution in [0.1, 0.15) is 20.3 Å². The Morgan fingerprint density at radius 1 is 1.11 bits per heavy atom. The molecule has 3 rings (SSSR count). The molecule has 19 heavy (non-hydrogen) atoms. The highest BCUT2D eigenvalue weighted by atomic mass is 16.2. The molecule has 1 saturated carbocycles. The third-order valence-electron chi connectivity index (χ3n) is 5.10. The molecule has 4 heteroatoms. The van der Waals surface area contributed by atoms with Crippen LogP contribution in [0.3, 0.4) is 0 Å².